The molecule has 8 N–H and O–H groups in total. The monoisotopic (exact) mass is 776 g/mol. The summed E-state index contributed by atoms with van der Waals surface area (Å²) in [6.07, 6.45) is -3.25. The Balaban J connectivity index is 1.12. The predicted octanol–water partition coefficient (Wildman–Crippen LogP) is 2.58. The van der Waals surface area contributed by atoms with Gasteiger partial charge in [-0.3, -0.25) is 4.79 Å². The van der Waals surface area contributed by atoms with E-state index in [4.69, 9.17) is 18.9 Å². The lowest BCUT2D eigenvalue weighted by Crippen LogP contribution is -2.66. The number of aliphatic hydroxyl groups is 7. The number of carboxylic acid groups (broad SMARTS) is 1. The SMILES string of the molecule is CC1=C(C)[C@H]2C3=CC[C@@H]4[C@@]5(C)C=C[C@@H](O[C@@H]6O[C@H](CO)[C@@H](O[C@@H]7O[C@H](CO)[C@@H](O)[C@H](O)[C@H]7O)[C@H](O)[C@H]6O)C(C)(C)[C@@H]5CC[C@@]4(C)[C@]3(C)CC[C@@]2(C(=O)O)CC1. The zero-order valence-corrected chi connectivity index (χ0v) is 33.3. The van der Waals surface area contributed by atoms with Crippen LogP contribution in [-0.4, -0.2) is 128 Å². The topological polar surface area (TPSA) is 216 Å². The third-order valence-corrected chi connectivity index (χ3v) is 16.6. The van der Waals surface area contributed by atoms with E-state index in [0.717, 1.165) is 32.1 Å². The molecule has 0 amide bonds. The van der Waals surface area contributed by atoms with Crippen LogP contribution >= 0.6 is 0 Å². The minimum atomic E-state index is -1.75. The number of hydrogen-bond acceptors (Lipinski definition) is 12. The summed E-state index contributed by atoms with van der Waals surface area (Å²) in [6, 6.07) is 0. The highest BCUT2D eigenvalue weighted by atomic mass is 16.7. The van der Waals surface area contributed by atoms with Crippen molar-refractivity contribution in [2.24, 2.45) is 44.8 Å². The molecule has 7 aliphatic rings. The highest BCUT2D eigenvalue weighted by Crippen LogP contribution is 2.75. The maximum Gasteiger partial charge on any atom is 0.310 e. The fourth-order valence-electron chi connectivity index (χ4n) is 12.9. The van der Waals surface area contributed by atoms with E-state index in [1.54, 1.807) is 0 Å². The molecule has 0 unspecified atom stereocenters. The number of ether oxygens (including phenoxy) is 4. The number of hydrogen-bond donors (Lipinski definition) is 8. The van der Waals surface area contributed by atoms with Gasteiger partial charge in [-0.1, -0.05) is 69.6 Å². The Morgan fingerprint density at radius 2 is 1.44 bits per heavy atom. The second-order valence-corrected chi connectivity index (χ2v) is 19.3. The lowest BCUT2D eigenvalue weighted by Gasteiger charge is -2.70. The molecule has 0 aromatic heterocycles. The second kappa shape index (κ2) is 14.2. The summed E-state index contributed by atoms with van der Waals surface area (Å²) in [4.78, 5) is 13.0. The molecule has 0 radical (unpaired) electrons. The van der Waals surface area contributed by atoms with Crippen molar-refractivity contribution in [3.63, 3.8) is 0 Å². The van der Waals surface area contributed by atoms with Gasteiger partial charge in [-0.05, 0) is 92.3 Å². The molecule has 18 atom stereocenters. The summed E-state index contributed by atoms with van der Waals surface area (Å²) in [7, 11) is 0. The van der Waals surface area contributed by atoms with E-state index in [1.807, 2.05) is 6.08 Å². The number of carbonyl (C=O) groups is 1. The van der Waals surface area contributed by atoms with Crippen LogP contribution in [0, 0.1) is 44.8 Å². The number of carboxylic acids is 1. The van der Waals surface area contributed by atoms with Gasteiger partial charge in [-0.25, -0.2) is 0 Å². The predicted molar refractivity (Wildman–Crippen MR) is 198 cm³/mol. The third kappa shape index (κ3) is 5.92. The highest BCUT2D eigenvalue weighted by molar-refractivity contribution is 5.78. The first-order valence-corrected chi connectivity index (χ1v) is 20.3. The minimum Gasteiger partial charge on any atom is -0.481 e. The van der Waals surface area contributed by atoms with Crippen LogP contribution in [0.25, 0.3) is 0 Å². The van der Waals surface area contributed by atoms with Crippen molar-refractivity contribution < 1.29 is 64.6 Å². The molecular weight excluding hydrogens is 712 g/mol. The molecule has 2 heterocycles. The summed E-state index contributed by atoms with van der Waals surface area (Å²) < 4.78 is 23.7. The Kier molecular flexibility index (Phi) is 10.7. The van der Waals surface area contributed by atoms with Gasteiger partial charge in [0.2, 0.25) is 0 Å². The van der Waals surface area contributed by atoms with Crippen molar-refractivity contribution in [2.45, 2.75) is 161 Å². The zero-order chi connectivity index (χ0) is 40.2. The first-order chi connectivity index (χ1) is 25.7. The first-order valence-electron chi connectivity index (χ1n) is 20.3. The van der Waals surface area contributed by atoms with Gasteiger partial charge in [0, 0.05) is 5.92 Å². The van der Waals surface area contributed by atoms with Crippen LogP contribution in [0.1, 0.15) is 93.4 Å². The van der Waals surface area contributed by atoms with Crippen LogP contribution in [0.3, 0.4) is 0 Å². The maximum atomic E-state index is 13.0. The lowest BCUT2D eigenvalue weighted by atomic mass is 9.34. The smallest absolute Gasteiger partial charge is 0.310 e. The van der Waals surface area contributed by atoms with Crippen molar-refractivity contribution in [2.75, 3.05) is 13.2 Å². The highest BCUT2D eigenvalue weighted by Gasteiger charge is 2.69. The van der Waals surface area contributed by atoms with Crippen LogP contribution in [0.5, 0.6) is 0 Å². The summed E-state index contributed by atoms with van der Waals surface area (Å²) in [5.74, 6) is -0.291. The van der Waals surface area contributed by atoms with Crippen LogP contribution in [0.15, 0.2) is 34.9 Å². The van der Waals surface area contributed by atoms with Crippen molar-refractivity contribution >= 4 is 5.97 Å². The number of aliphatic hydroxyl groups excluding tert-OH is 7. The van der Waals surface area contributed by atoms with Gasteiger partial charge in [0.05, 0.1) is 24.7 Å². The first kappa shape index (κ1) is 41.4. The minimum absolute atomic E-state index is 0.0795. The fourth-order valence-corrected chi connectivity index (χ4v) is 12.9. The van der Waals surface area contributed by atoms with Gasteiger partial charge in [0.15, 0.2) is 12.6 Å². The van der Waals surface area contributed by atoms with Crippen LogP contribution in [-0.2, 0) is 23.7 Å². The van der Waals surface area contributed by atoms with Crippen LogP contribution in [0.2, 0.25) is 0 Å². The zero-order valence-electron chi connectivity index (χ0n) is 33.3. The van der Waals surface area contributed by atoms with E-state index < -0.39 is 97.5 Å². The number of allylic oxidation sites excluding steroid dienone is 5. The van der Waals surface area contributed by atoms with E-state index in [-0.39, 0.29) is 34.0 Å². The van der Waals surface area contributed by atoms with Crippen LogP contribution in [0.4, 0.5) is 0 Å². The van der Waals surface area contributed by atoms with Gasteiger partial charge in [-0.15, -0.1) is 0 Å². The Morgan fingerprint density at radius 3 is 2.09 bits per heavy atom. The molecule has 55 heavy (non-hydrogen) atoms. The average Bonchev–Trinajstić information content (AvgIpc) is 3.13. The molecule has 0 aromatic carbocycles. The lowest BCUT2D eigenvalue weighted by molar-refractivity contribution is -0.364. The van der Waals surface area contributed by atoms with Crippen molar-refractivity contribution in [1.82, 2.24) is 0 Å². The molecule has 2 saturated carbocycles. The van der Waals surface area contributed by atoms with E-state index in [1.165, 1.54) is 16.7 Å². The van der Waals surface area contributed by atoms with Crippen molar-refractivity contribution in [3.8, 4) is 0 Å². The van der Waals surface area contributed by atoms with Crippen molar-refractivity contribution in [1.29, 1.82) is 0 Å². The Bertz CT molecular complexity index is 1590. The molecule has 0 bridgehead atoms. The molecule has 2 saturated heterocycles. The molecule has 0 aromatic rings. The standard InChI is InChI=1S/C42H64O13/c1-20-10-15-42(37(50)51)17-16-40(6)22(28(42)21(20)2)8-9-26-39(5)13-12-27(38(3,4)25(39)11-14-41(26,40)7)54-35-33(49)31(47)34(24(19-44)53-35)55-36-32(48)30(46)29(45)23(18-43)52-36/h8,12-13,23-36,43-49H,9-11,14-19H2,1-7H3,(H,50,51)/t23-,24-,25+,26-,27-,28+,29-,30+,31-,32-,33-,34-,35+,36+,39+,40-,41-,42+/m1/s1. The molecular formula is C42H64O13. The van der Waals surface area contributed by atoms with Gasteiger partial charge in [0.25, 0.3) is 0 Å². The van der Waals surface area contributed by atoms with Gasteiger partial charge in [0.1, 0.15) is 48.8 Å². The molecule has 13 heteroatoms. The van der Waals surface area contributed by atoms with E-state index in [9.17, 15) is 45.6 Å². The summed E-state index contributed by atoms with van der Waals surface area (Å²) >= 11 is 0. The fraction of sp³-hybridized carbons (Fsp3) is 0.833. The Hall–Kier alpha value is -1.75. The molecule has 5 aliphatic carbocycles. The van der Waals surface area contributed by atoms with Gasteiger partial charge >= 0.3 is 5.97 Å². The molecule has 7 rings (SSSR count). The van der Waals surface area contributed by atoms with Gasteiger partial charge in [-0.2, -0.15) is 0 Å². The summed E-state index contributed by atoms with van der Waals surface area (Å²) in [6.45, 7) is 14.5. The molecule has 0 spiro atoms. The van der Waals surface area contributed by atoms with Crippen LogP contribution < -0.4 is 0 Å². The summed E-state index contributed by atoms with van der Waals surface area (Å²) in [5.41, 5.74) is 2.21. The number of aliphatic carboxylic acids is 1. The molecule has 4 fully saturated rings. The Morgan fingerprint density at radius 1 is 0.800 bits per heavy atom. The normalized spacial score (nSPS) is 52.0. The maximum absolute atomic E-state index is 13.0. The van der Waals surface area contributed by atoms with E-state index in [0.29, 0.717) is 12.8 Å². The largest absolute Gasteiger partial charge is 0.481 e. The quantitative estimate of drug-likeness (QED) is 0.175. The molecule has 13 nitrogen and oxygen atoms in total. The molecule has 2 aliphatic heterocycles. The van der Waals surface area contributed by atoms with E-state index >= 15 is 0 Å². The van der Waals surface area contributed by atoms with Crippen molar-refractivity contribution in [3.05, 3.63) is 34.9 Å². The number of fused-ring (bicyclic) bond motifs is 7. The van der Waals surface area contributed by atoms with Gasteiger partial charge < -0.3 is 59.8 Å². The molecule has 310 valence electrons. The third-order valence-electron chi connectivity index (χ3n) is 16.6. The Labute approximate surface area is 324 Å². The average molecular weight is 777 g/mol. The second-order valence-electron chi connectivity index (χ2n) is 19.3. The summed E-state index contributed by atoms with van der Waals surface area (Å²) in [5, 5.41) is 84.1. The van der Waals surface area contributed by atoms with E-state index in [2.05, 4.69) is 60.6 Å². The number of rotatable bonds is 7.